The van der Waals surface area contributed by atoms with Gasteiger partial charge in [-0.2, -0.15) is 0 Å². The molecule has 0 fully saturated rings. The Balaban J connectivity index is 1.51. The van der Waals surface area contributed by atoms with E-state index < -0.39 is 5.97 Å². The predicted molar refractivity (Wildman–Crippen MR) is 110 cm³/mol. The van der Waals surface area contributed by atoms with Gasteiger partial charge in [0, 0.05) is 5.56 Å². The molecular formula is C25H18O3. The fraction of sp³-hybridized carbons (Fsp3) is 0.0400. The van der Waals surface area contributed by atoms with Gasteiger partial charge in [0.15, 0.2) is 12.4 Å². The molecule has 136 valence electrons. The van der Waals surface area contributed by atoms with Crippen molar-refractivity contribution in [3.05, 3.63) is 108 Å². The minimum Gasteiger partial charge on any atom is -0.454 e. The van der Waals surface area contributed by atoms with Gasteiger partial charge in [-0.3, -0.25) is 4.79 Å². The van der Waals surface area contributed by atoms with Crippen molar-refractivity contribution in [3.63, 3.8) is 0 Å². The maximum absolute atomic E-state index is 12.6. The first-order valence-electron chi connectivity index (χ1n) is 9.06. The summed E-state index contributed by atoms with van der Waals surface area (Å²) in [5.41, 5.74) is 2.69. The van der Waals surface area contributed by atoms with E-state index in [2.05, 4.69) is 0 Å². The Morgan fingerprint density at radius 2 is 1.36 bits per heavy atom. The molecule has 4 aromatic rings. The highest BCUT2D eigenvalue weighted by molar-refractivity contribution is 6.03. The molecule has 0 radical (unpaired) electrons. The van der Waals surface area contributed by atoms with Gasteiger partial charge in [0.25, 0.3) is 0 Å². The second-order valence-electron chi connectivity index (χ2n) is 6.47. The van der Waals surface area contributed by atoms with Gasteiger partial charge in [-0.25, -0.2) is 4.79 Å². The van der Waals surface area contributed by atoms with Crippen LogP contribution in [0.5, 0.6) is 0 Å². The Hall–Kier alpha value is -3.72. The molecule has 3 heteroatoms. The van der Waals surface area contributed by atoms with Crippen LogP contribution in [0.25, 0.3) is 21.9 Å². The molecule has 0 heterocycles. The van der Waals surface area contributed by atoms with Crippen LogP contribution in [-0.4, -0.2) is 18.4 Å². The molecule has 0 bridgehead atoms. The molecule has 0 saturated carbocycles. The first-order chi connectivity index (χ1) is 13.7. The lowest BCUT2D eigenvalue weighted by Gasteiger charge is -2.10. The standard InChI is InChI=1S/C25H18O3/c26-24(21-15-14-18-8-4-5-11-20(18)16-21)17-28-25(27)23-13-7-6-12-22(23)19-9-2-1-3-10-19/h1-16H,17H2. The Morgan fingerprint density at radius 1 is 0.679 bits per heavy atom. The minimum atomic E-state index is -0.506. The van der Waals surface area contributed by atoms with Crippen LogP contribution in [0.3, 0.4) is 0 Å². The fourth-order valence-corrected chi connectivity index (χ4v) is 3.19. The molecule has 0 amide bonds. The average Bonchev–Trinajstić information content (AvgIpc) is 2.77. The molecular weight excluding hydrogens is 348 g/mol. The molecule has 0 aliphatic heterocycles. The molecule has 0 unspecified atom stereocenters. The predicted octanol–water partition coefficient (Wildman–Crippen LogP) is 5.55. The largest absolute Gasteiger partial charge is 0.454 e. The minimum absolute atomic E-state index is 0.226. The van der Waals surface area contributed by atoms with E-state index in [0.717, 1.165) is 21.9 Å². The SMILES string of the molecule is O=C(COC(=O)c1ccccc1-c1ccccc1)c1ccc2ccccc2c1. The zero-order valence-corrected chi connectivity index (χ0v) is 15.2. The number of hydrogen-bond donors (Lipinski definition) is 0. The average molecular weight is 366 g/mol. The molecule has 0 aliphatic carbocycles. The van der Waals surface area contributed by atoms with E-state index >= 15 is 0 Å². The van der Waals surface area contributed by atoms with Crippen LogP contribution < -0.4 is 0 Å². The summed E-state index contributed by atoms with van der Waals surface area (Å²) in [5, 5.41) is 2.04. The van der Waals surface area contributed by atoms with Crippen molar-refractivity contribution in [2.24, 2.45) is 0 Å². The second-order valence-corrected chi connectivity index (χ2v) is 6.47. The topological polar surface area (TPSA) is 43.4 Å². The lowest BCUT2D eigenvalue weighted by atomic mass is 10.00. The van der Waals surface area contributed by atoms with E-state index in [1.54, 1.807) is 18.2 Å². The van der Waals surface area contributed by atoms with Crippen LogP contribution in [-0.2, 0) is 4.74 Å². The van der Waals surface area contributed by atoms with Crippen molar-refractivity contribution >= 4 is 22.5 Å². The van der Waals surface area contributed by atoms with Gasteiger partial charge >= 0.3 is 5.97 Å². The quantitative estimate of drug-likeness (QED) is 0.344. The van der Waals surface area contributed by atoms with Crippen molar-refractivity contribution in [1.82, 2.24) is 0 Å². The number of esters is 1. The first kappa shape index (κ1) is 17.7. The molecule has 0 aromatic heterocycles. The van der Waals surface area contributed by atoms with Crippen LogP contribution in [0.15, 0.2) is 97.1 Å². The highest BCUT2D eigenvalue weighted by Crippen LogP contribution is 2.24. The van der Waals surface area contributed by atoms with Crippen LogP contribution in [0, 0.1) is 0 Å². The summed E-state index contributed by atoms with van der Waals surface area (Å²) in [5.74, 6) is -0.732. The van der Waals surface area contributed by atoms with Crippen molar-refractivity contribution in [2.75, 3.05) is 6.61 Å². The number of benzene rings is 4. The summed E-state index contributed by atoms with van der Waals surface area (Å²) in [6.07, 6.45) is 0. The normalized spacial score (nSPS) is 10.6. The molecule has 0 aliphatic rings. The van der Waals surface area contributed by atoms with Crippen molar-refractivity contribution < 1.29 is 14.3 Å². The van der Waals surface area contributed by atoms with Gasteiger partial charge < -0.3 is 4.74 Å². The van der Waals surface area contributed by atoms with Crippen LogP contribution in [0.1, 0.15) is 20.7 Å². The van der Waals surface area contributed by atoms with Gasteiger partial charge in [0.2, 0.25) is 0 Å². The maximum Gasteiger partial charge on any atom is 0.339 e. The summed E-state index contributed by atoms with van der Waals surface area (Å²) in [7, 11) is 0. The van der Waals surface area contributed by atoms with E-state index in [1.807, 2.05) is 78.9 Å². The van der Waals surface area contributed by atoms with Crippen molar-refractivity contribution in [2.45, 2.75) is 0 Å². The van der Waals surface area contributed by atoms with Gasteiger partial charge in [0.1, 0.15) is 0 Å². The van der Waals surface area contributed by atoms with Gasteiger partial charge in [-0.1, -0.05) is 84.9 Å². The Labute approximate surface area is 163 Å². The van der Waals surface area contributed by atoms with E-state index in [1.165, 1.54) is 0 Å². The number of ether oxygens (including phenoxy) is 1. The molecule has 4 rings (SSSR count). The molecule has 3 nitrogen and oxygen atoms in total. The van der Waals surface area contributed by atoms with E-state index in [4.69, 9.17) is 4.74 Å². The van der Waals surface area contributed by atoms with Crippen LogP contribution in [0.2, 0.25) is 0 Å². The molecule has 0 spiro atoms. The summed E-state index contributed by atoms with van der Waals surface area (Å²) in [6.45, 7) is -0.291. The zero-order chi connectivity index (χ0) is 19.3. The summed E-state index contributed by atoms with van der Waals surface area (Å²) in [6, 6.07) is 30.2. The summed E-state index contributed by atoms with van der Waals surface area (Å²) >= 11 is 0. The number of carbonyl (C=O) groups excluding carboxylic acids is 2. The monoisotopic (exact) mass is 366 g/mol. The molecule has 28 heavy (non-hydrogen) atoms. The summed E-state index contributed by atoms with van der Waals surface area (Å²) < 4.78 is 5.33. The number of fused-ring (bicyclic) bond motifs is 1. The van der Waals surface area contributed by atoms with Gasteiger partial charge in [0.05, 0.1) is 5.56 Å². The number of hydrogen-bond acceptors (Lipinski definition) is 3. The van der Waals surface area contributed by atoms with E-state index in [9.17, 15) is 9.59 Å². The van der Waals surface area contributed by atoms with E-state index in [0.29, 0.717) is 11.1 Å². The smallest absolute Gasteiger partial charge is 0.339 e. The third kappa shape index (κ3) is 3.69. The molecule has 0 atom stereocenters. The Kier molecular flexibility index (Phi) is 4.98. The zero-order valence-electron chi connectivity index (χ0n) is 15.2. The van der Waals surface area contributed by atoms with Crippen molar-refractivity contribution in [3.8, 4) is 11.1 Å². The number of rotatable bonds is 5. The van der Waals surface area contributed by atoms with Gasteiger partial charge in [-0.15, -0.1) is 0 Å². The number of Topliss-reactive ketones (excluding diaryl/α,β-unsaturated/α-hetero) is 1. The second kappa shape index (κ2) is 7.89. The Morgan fingerprint density at radius 3 is 2.18 bits per heavy atom. The number of carbonyl (C=O) groups is 2. The molecule has 4 aromatic carbocycles. The highest BCUT2D eigenvalue weighted by Gasteiger charge is 2.16. The maximum atomic E-state index is 12.6. The number of ketones is 1. The highest BCUT2D eigenvalue weighted by atomic mass is 16.5. The van der Waals surface area contributed by atoms with Crippen molar-refractivity contribution in [1.29, 1.82) is 0 Å². The van der Waals surface area contributed by atoms with E-state index in [-0.39, 0.29) is 12.4 Å². The summed E-state index contributed by atoms with van der Waals surface area (Å²) in [4.78, 5) is 25.1. The fourth-order valence-electron chi connectivity index (χ4n) is 3.19. The first-order valence-corrected chi connectivity index (χ1v) is 9.06. The van der Waals surface area contributed by atoms with Gasteiger partial charge in [-0.05, 0) is 34.0 Å². The third-order valence-corrected chi connectivity index (χ3v) is 4.64. The third-order valence-electron chi connectivity index (χ3n) is 4.64. The van der Waals surface area contributed by atoms with Crippen LogP contribution in [0.4, 0.5) is 0 Å². The molecule has 0 N–H and O–H groups in total. The lowest BCUT2D eigenvalue weighted by Crippen LogP contribution is -2.15. The van der Waals surface area contributed by atoms with Crippen LogP contribution >= 0.6 is 0 Å². The Bertz CT molecular complexity index is 1150. The lowest BCUT2D eigenvalue weighted by molar-refractivity contribution is 0.0475. The molecule has 0 saturated heterocycles.